The number of H-pyrrole nitrogens is 1. The Morgan fingerprint density at radius 2 is 2.00 bits per heavy atom. The molecule has 0 aliphatic carbocycles. The maximum atomic E-state index is 4.91. The number of anilines is 1. The molecule has 3 nitrogen and oxygen atoms in total. The molecule has 1 aromatic heterocycles. The average molecular weight is 367 g/mol. The number of benzene rings is 3. The maximum absolute atomic E-state index is 4.91. The number of nitrogens with one attached hydrogen (secondary N) is 1. The molecule has 0 saturated heterocycles. The van der Waals surface area contributed by atoms with Crippen LogP contribution in [-0.2, 0) is 12.8 Å². The molecule has 0 amide bonds. The zero-order chi connectivity index (χ0) is 19.1. The van der Waals surface area contributed by atoms with Crippen molar-refractivity contribution in [1.82, 2.24) is 4.98 Å². The van der Waals surface area contributed by atoms with E-state index in [4.69, 9.17) is 5.10 Å². The Kier molecular flexibility index (Phi) is 4.16. The third kappa shape index (κ3) is 2.78. The van der Waals surface area contributed by atoms with E-state index in [1.54, 1.807) is 0 Å². The third-order valence-electron chi connectivity index (χ3n) is 5.83. The fourth-order valence-electron chi connectivity index (χ4n) is 4.40. The van der Waals surface area contributed by atoms with Gasteiger partial charge in [0.25, 0.3) is 0 Å². The van der Waals surface area contributed by atoms with Gasteiger partial charge in [0.2, 0.25) is 0 Å². The standard InChI is InChI=1S/C25H25N3/c1-3-18-11-12-20(24-21-8-4-5-9-22(21)27-25(18)24)16-26-28-14-6-7-19-15-17(2)10-13-23(19)28/h4-5,8-13,15-16,27H,3,6-7,14H2,1-2H3/b26-16+. The molecule has 1 N–H and O–H groups in total. The Hall–Kier alpha value is -3.07. The van der Waals surface area contributed by atoms with E-state index in [1.165, 1.54) is 49.7 Å². The number of para-hydroxylation sites is 1. The van der Waals surface area contributed by atoms with E-state index in [0.29, 0.717) is 0 Å². The van der Waals surface area contributed by atoms with Crippen molar-refractivity contribution in [3.05, 3.63) is 76.9 Å². The molecule has 0 fully saturated rings. The van der Waals surface area contributed by atoms with E-state index in [2.05, 4.69) is 78.4 Å². The van der Waals surface area contributed by atoms with Gasteiger partial charge in [-0.2, -0.15) is 5.10 Å². The van der Waals surface area contributed by atoms with E-state index in [0.717, 1.165) is 25.8 Å². The Bertz CT molecular complexity index is 1200. The molecule has 5 rings (SSSR count). The van der Waals surface area contributed by atoms with Crippen molar-refractivity contribution in [2.75, 3.05) is 11.6 Å². The first-order valence-electron chi connectivity index (χ1n) is 10.2. The topological polar surface area (TPSA) is 31.4 Å². The first kappa shape index (κ1) is 17.1. The largest absolute Gasteiger partial charge is 0.354 e. The number of hydrogen-bond acceptors (Lipinski definition) is 2. The van der Waals surface area contributed by atoms with Crippen molar-refractivity contribution >= 4 is 33.7 Å². The van der Waals surface area contributed by atoms with Crippen LogP contribution in [0.1, 0.15) is 35.6 Å². The molecule has 1 aliphatic heterocycles. The van der Waals surface area contributed by atoms with Gasteiger partial charge >= 0.3 is 0 Å². The first-order chi connectivity index (χ1) is 13.7. The van der Waals surface area contributed by atoms with Crippen molar-refractivity contribution < 1.29 is 0 Å². The quantitative estimate of drug-likeness (QED) is 0.444. The molecule has 0 bridgehead atoms. The monoisotopic (exact) mass is 367 g/mol. The van der Waals surface area contributed by atoms with Gasteiger partial charge in [0, 0.05) is 28.4 Å². The fourth-order valence-corrected chi connectivity index (χ4v) is 4.40. The Labute approximate surface area is 165 Å². The lowest BCUT2D eigenvalue weighted by Crippen LogP contribution is -2.24. The summed E-state index contributed by atoms with van der Waals surface area (Å²) in [5.41, 5.74) is 8.91. The fraction of sp³-hybridized carbons (Fsp3) is 0.240. The summed E-state index contributed by atoms with van der Waals surface area (Å²) < 4.78 is 0. The summed E-state index contributed by atoms with van der Waals surface area (Å²) in [4.78, 5) is 3.62. The summed E-state index contributed by atoms with van der Waals surface area (Å²) in [7, 11) is 0. The molecular formula is C25H25N3. The minimum atomic E-state index is 0.969. The predicted octanol–water partition coefficient (Wildman–Crippen LogP) is 5.98. The molecule has 3 aromatic carbocycles. The van der Waals surface area contributed by atoms with Crippen molar-refractivity contribution in [3.63, 3.8) is 0 Å². The summed E-state index contributed by atoms with van der Waals surface area (Å²) in [5.74, 6) is 0. The Morgan fingerprint density at radius 1 is 1.11 bits per heavy atom. The highest BCUT2D eigenvalue weighted by Crippen LogP contribution is 2.31. The number of fused-ring (bicyclic) bond motifs is 4. The second-order valence-electron chi connectivity index (χ2n) is 7.69. The zero-order valence-electron chi connectivity index (χ0n) is 16.5. The molecule has 0 saturated carbocycles. The number of aromatic amines is 1. The van der Waals surface area contributed by atoms with Gasteiger partial charge in [0.1, 0.15) is 0 Å². The van der Waals surface area contributed by atoms with Gasteiger partial charge in [-0.1, -0.05) is 55.0 Å². The first-order valence-corrected chi connectivity index (χ1v) is 10.2. The summed E-state index contributed by atoms with van der Waals surface area (Å²) >= 11 is 0. The number of nitrogens with zero attached hydrogens (tertiary/aromatic N) is 2. The average Bonchev–Trinajstić information content (AvgIpc) is 3.11. The van der Waals surface area contributed by atoms with Crippen LogP contribution in [0.5, 0.6) is 0 Å². The molecule has 0 radical (unpaired) electrons. The summed E-state index contributed by atoms with van der Waals surface area (Å²) in [6.07, 6.45) is 5.34. The Morgan fingerprint density at radius 3 is 2.89 bits per heavy atom. The molecule has 0 atom stereocenters. The van der Waals surface area contributed by atoms with Gasteiger partial charge in [-0.3, -0.25) is 5.01 Å². The summed E-state index contributed by atoms with van der Waals surface area (Å²) in [6, 6.07) is 19.7. The molecule has 1 aliphatic rings. The number of rotatable bonds is 3. The van der Waals surface area contributed by atoms with Crippen molar-refractivity contribution in [2.45, 2.75) is 33.1 Å². The highest BCUT2D eigenvalue weighted by atomic mass is 15.5. The molecule has 0 spiro atoms. The van der Waals surface area contributed by atoms with Crippen molar-refractivity contribution in [1.29, 1.82) is 0 Å². The third-order valence-corrected chi connectivity index (χ3v) is 5.83. The van der Waals surface area contributed by atoms with Crippen LogP contribution in [0.3, 0.4) is 0 Å². The summed E-state index contributed by atoms with van der Waals surface area (Å²) in [5, 5.41) is 9.62. The molecule has 2 heterocycles. The van der Waals surface area contributed by atoms with E-state index in [1.807, 2.05) is 6.21 Å². The van der Waals surface area contributed by atoms with E-state index < -0.39 is 0 Å². The van der Waals surface area contributed by atoms with Crippen LogP contribution in [-0.4, -0.2) is 17.7 Å². The smallest absolute Gasteiger partial charge is 0.0626 e. The van der Waals surface area contributed by atoms with Gasteiger partial charge in [-0.15, -0.1) is 0 Å². The molecule has 0 unspecified atom stereocenters. The lowest BCUT2D eigenvalue weighted by atomic mass is 10.0. The predicted molar refractivity (Wildman–Crippen MR) is 120 cm³/mol. The lowest BCUT2D eigenvalue weighted by Gasteiger charge is -2.27. The van der Waals surface area contributed by atoms with Crippen LogP contribution in [0.15, 0.2) is 59.7 Å². The van der Waals surface area contributed by atoms with Crippen LogP contribution in [0.4, 0.5) is 5.69 Å². The second kappa shape index (κ2) is 6.83. The normalized spacial score (nSPS) is 14.3. The molecule has 4 aromatic rings. The lowest BCUT2D eigenvalue weighted by molar-refractivity contribution is 0.716. The summed E-state index contributed by atoms with van der Waals surface area (Å²) in [6.45, 7) is 5.34. The van der Waals surface area contributed by atoms with Crippen molar-refractivity contribution in [3.8, 4) is 0 Å². The SMILES string of the molecule is CCc1ccc(/C=N/N2CCCc3cc(C)ccc32)c2c1[nH]c1ccccc12. The minimum Gasteiger partial charge on any atom is -0.354 e. The van der Waals surface area contributed by atoms with Crippen LogP contribution in [0.2, 0.25) is 0 Å². The van der Waals surface area contributed by atoms with E-state index in [9.17, 15) is 0 Å². The van der Waals surface area contributed by atoms with Gasteiger partial charge in [-0.05, 0) is 49.4 Å². The number of aromatic nitrogens is 1. The zero-order valence-corrected chi connectivity index (χ0v) is 16.5. The molecule has 3 heteroatoms. The number of aryl methyl sites for hydroxylation is 3. The highest BCUT2D eigenvalue weighted by Gasteiger charge is 2.16. The number of hydrogen-bond donors (Lipinski definition) is 1. The number of hydrazone groups is 1. The van der Waals surface area contributed by atoms with E-state index in [-0.39, 0.29) is 0 Å². The molecule has 28 heavy (non-hydrogen) atoms. The van der Waals surface area contributed by atoms with Gasteiger partial charge < -0.3 is 4.98 Å². The van der Waals surface area contributed by atoms with Crippen LogP contribution in [0, 0.1) is 6.92 Å². The second-order valence-corrected chi connectivity index (χ2v) is 7.69. The van der Waals surface area contributed by atoms with Gasteiger partial charge in [-0.25, -0.2) is 0 Å². The molecular weight excluding hydrogens is 342 g/mol. The van der Waals surface area contributed by atoms with Crippen LogP contribution in [0.25, 0.3) is 21.8 Å². The van der Waals surface area contributed by atoms with Gasteiger partial charge in [0.15, 0.2) is 0 Å². The maximum Gasteiger partial charge on any atom is 0.0626 e. The molecule has 140 valence electrons. The highest BCUT2D eigenvalue weighted by molar-refractivity contribution is 6.15. The van der Waals surface area contributed by atoms with Crippen LogP contribution < -0.4 is 5.01 Å². The Balaban J connectivity index is 1.61. The minimum absolute atomic E-state index is 0.969. The van der Waals surface area contributed by atoms with Crippen molar-refractivity contribution in [2.24, 2.45) is 5.10 Å². The van der Waals surface area contributed by atoms with Crippen LogP contribution >= 0.6 is 0 Å². The van der Waals surface area contributed by atoms with Gasteiger partial charge in [0.05, 0.1) is 17.4 Å². The van der Waals surface area contributed by atoms with E-state index >= 15 is 0 Å².